The molecule has 0 saturated heterocycles. The van der Waals surface area contributed by atoms with E-state index in [0.717, 1.165) is 28.0 Å². The number of carbonyl (C=O) groups is 1. The van der Waals surface area contributed by atoms with E-state index in [1.807, 2.05) is 48.5 Å². The van der Waals surface area contributed by atoms with Crippen molar-refractivity contribution in [1.82, 2.24) is 10.3 Å². The molecule has 0 atom stereocenters. The standard InChI is InChI=1S/C21H20N2O4/c24-20(8-6-14-5-7-18-19(11-14)27-13-26-18)22-10-9-16-12-15-3-1-2-4-17(15)23-21(16)25/h1-5,7,11-12H,6,8-10,13H2,(H,22,24)(H,23,25). The third-order valence-corrected chi connectivity index (χ3v) is 4.62. The summed E-state index contributed by atoms with van der Waals surface area (Å²) in [4.78, 5) is 27.1. The number of fused-ring (bicyclic) bond motifs is 2. The Kier molecular flexibility index (Phi) is 4.78. The third kappa shape index (κ3) is 3.95. The quantitative estimate of drug-likeness (QED) is 0.704. The van der Waals surface area contributed by atoms with Gasteiger partial charge in [-0.2, -0.15) is 0 Å². The van der Waals surface area contributed by atoms with E-state index in [1.54, 1.807) is 0 Å². The highest BCUT2D eigenvalue weighted by Crippen LogP contribution is 2.32. The SMILES string of the molecule is O=C(CCc1ccc2c(c1)OCO2)NCCc1cc2ccccc2[nH]c1=O. The minimum atomic E-state index is -0.108. The zero-order valence-corrected chi connectivity index (χ0v) is 14.8. The second-order valence-electron chi connectivity index (χ2n) is 6.50. The number of nitrogens with one attached hydrogen (secondary N) is 2. The molecule has 1 aromatic heterocycles. The summed E-state index contributed by atoms with van der Waals surface area (Å²) in [5, 5.41) is 3.87. The molecule has 2 N–H and O–H groups in total. The van der Waals surface area contributed by atoms with E-state index in [4.69, 9.17) is 9.47 Å². The van der Waals surface area contributed by atoms with Gasteiger partial charge in [0.1, 0.15) is 0 Å². The topological polar surface area (TPSA) is 80.4 Å². The van der Waals surface area contributed by atoms with Crippen molar-refractivity contribution in [1.29, 1.82) is 0 Å². The Morgan fingerprint density at radius 3 is 2.81 bits per heavy atom. The van der Waals surface area contributed by atoms with Gasteiger partial charge in [0.15, 0.2) is 11.5 Å². The number of pyridine rings is 1. The molecule has 0 radical (unpaired) electrons. The van der Waals surface area contributed by atoms with Gasteiger partial charge in [0.2, 0.25) is 12.7 Å². The van der Waals surface area contributed by atoms with Crippen LogP contribution in [0.3, 0.4) is 0 Å². The van der Waals surface area contributed by atoms with Crippen LogP contribution in [0.5, 0.6) is 11.5 Å². The Morgan fingerprint density at radius 2 is 1.89 bits per heavy atom. The summed E-state index contributed by atoms with van der Waals surface area (Å²) in [5.41, 5.74) is 2.41. The van der Waals surface area contributed by atoms with E-state index in [1.165, 1.54) is 0 Å². The largest absolute Gasteiger partial charge is 0.454 e. The first-order chi connectivity index (χ1) is 13.2. The number of benzene rings is 2. The van der Waals surface area contributed by atoms with Crippen LogP contribution < -0.4 is 20.3 Å². The molecule has 27 heavy (non-hydrogen) atoms. The summed E-state index contributed by atoms with van der Waals surface area (Å²) in [5.74, 6) is 1.43. The summed E-state index contributed by atoms with van der Waals surface area (Å²) in [7, 11) is 0. The van der Waals surface area contributed by atoms with E-state index in [9.17, 15) is 9.59 Å². The highest BCUT2D eigenvalue weighted by molar-refractivity contribution is 5.79. The highest BCUT2D eigenvalue weighted by Gasteiger charge is 2.13. The van der Waals surface area contributed by atoms with Crippen molar-refractivity contribution >= 4 is 16.8 Å². The van der Waals surface area contributed by atoms with Crippen LogP contribution in [0.2, 0.25) is 0 Å². The predicted molar refractivity (Wildman–Crippen MR) is 102 cm³/mol. The molecular formula is C21H20N2O4. The number of carbonyl (C=O) groups excluding carboxylic acids is 1. The monoisotopic (exact) mass is 364 g/mol. The van der Waals surface area contributed by atoms with Crippen molar-refractivity contribution in [3.8, 4) is 11.5 Å². The summed E-state index contributed by atoms with van der Waals surface area (Å²) in [6.07, 6.45) is 1.50. The molecule has 138 valence electrons. The minimum Gasteiger partial charge on any atom is -0.454 e. The fourth-order valence-electron chi connectivity index (χ4n) is 3.16. The predicted octanol–water partition coefficient (Wildman–Crippen LogP) is 2.55. The first-order valence-electron chi connectivity index (χ1n) is 8.95. The molecule has 4 rings (SSSR count). The molecule has 0 spiro atoms. The van der Waals surface area contributed by atoms with Gasteiger partial charge in [0, 0.05) is 24.0 Å². The van der Waals surface area contributed by atoms with Gasteiger partial charge >= 0.3 is 0 Å². The number of aryl methyl sites for hydroxylation is 1. The van der Waals surface area contributed by atoms with Crippen molar-refractivity contribution < 1.29 is 14.3 Å². The van der Waals surface area contributed by atoms with Crippen LogP contribution in [-0.2, 0) is 17.6 Å². The molecule has 2 heterocycles. The zero-order chi connectivity index (χ0) is 18.6. The van der Waals surface area contributed by atoms with Crippen LogP contribution in [0.1, 0.15) is 17.5 Å². The smallest absolute Gasteiger partial charge is 0.251 e. The lowest BCUT2D eigenvalue weighted by Crippen LogP contribution is -2.27. The van der Waals surface area contributed by atoms with Gasteiger partial charge in [-0.1, -0.05) is 24.3 Å². The molecule has 3 aromatic rings. The van der Waals surface area contributed by atoms with E-state index >= 15 is 0 Å². The molecular weight excluding hydrogens is 344 g/mol. The molecule has 6 heteroatoms. The third-order valence-electron chi connectivity index (χ3n) is 4.62. The van der Waals surface area contributed by atoms with Gasteiger partial charge in [-0.15, -0.1) is 0 Å². The average molecular weight is 364 g/mol. The molecule has 0 saturated carbocycles. The van der Waals surface area contributed by atoms with Gasteiger partial charge < -0.3 is 19.8 Å². The number of hydrogen-bond acceptors (Lipinski definition) is 4. The van der Waals surface area contributed by atoms with Crippen LogP contribution >= 0.6 is 0 Å². The maximum atomic E-state index is 12.1. The number of hydrogen-bond donors (Lipinski definition) is 2. The van der Waals surface area contributed by atoms with Crippen molar-refractivity contribution in [2.45, 2.75) is 19.3 Å². The van der Waals surface area contributed by atoms with Crippen LogP contribution in [0.4, 0.5) is 0 Å². The Bertz CT molecular complexity index is 1040. The van der Waals surface area contributed by atoms with E-state index in [-0.39, 0.29) is 18.3 Å². The molecule has 1 amide bonds. The molecule has 0 fully saturated rings. The fourth-order valence-corrected chi connectivity index (χ4v) is 3.16. The zero-order valence-electron chi connectivity index (χ0n) is 14.8. The number of rotatable bonds is 6. The van der Waals surface area contributed by atoms with Crippen LogP contribution in [0.25, 0.3) is 10.9 Å². The number of H-pyrrole nitrogens is 1. The normalized spacial score (nSPS) is 12.3. The molecule has 0 unspecified atom stereocenters. The molecule has 1 aliphatic heterocycles. The number of para-hydroxylation sites is 1. The van der Waals surface area contributed by atoms with E-state index in [2.05, 4.69) is 10.3 Å². The van der Waals surface area contributed by atoms with Crippen LogP contribution in [-0.4, -0.2) is 24.2 Å². The molecule has 0 bridgehead atoms. The lowest BCUT2D eigenvalue weighted by atomic mass is 10.1. The first kappa shape index (κ1) is 17.1. The minimum absolute atomic E-state index is 0.0371. The summed E-state index contributed by atoms with van der Waals surface area (Å²) in [6, 6.07) is 15.2. The Hall–Kier alpha value is -3.28. The Labute approximate surface area is 156 Å². The lowest BCUT2D eigenvalue weighted by molar-refractivity contribution is -0.121. The number of aromatic nitrogens is 1. The van der Waals surface area contributed by atoms with Crippen LogP contribution in [0, 0.1) is 0 Å². The van der Waals surface area contributed by atoms with Gasteiger partial charge in [0.05, 0.1) is 0 Å². The Balaban J connectivity index is 1.28. The summed E-state index contributed by atoms with van der Waals surface area (Å²) >= 11 is 0. The molecule has 2 aromatic carbocycles. The average Bonchev–Trinajstić information content (AvgIpc) is 3.14. The van der Waals surface area contributed by atoms with Gasteiger partial charge in [-0.3, -0.25) is 9.59 Å². The summed E-state index contributed by atoms with van der Waals surface area (Å²) < 4.78 is 10.6. The van der Waals surface area contributed by atoms with Crippen molar-refractivity contribution in [2.75, 3.05) is 13.3 Å². The maximum Gasteiger partial charge on any atom is 0.251 e. The van der Waals surface area contributed by atoms with E-state index < -0.39 is 0 Å². The van der Waals surface area contributed by atoms with Gasteiger partial charge in [0.25, 0.3) is 5.56 Å². The van der Waals surface area contributed by atoms with E-state index in [0.29, 0.717) is 31.4 Å². The van der Waals surface area contributed by atoms with Crippen molar-refractivity contribution in [3.63, 3.8) is 0 Å². The summed E-state index contributed by atoms with van der Waals surface area (Å²) in [6.45, 7) is 0.675. The number of ether oxygens (including phenoxy) is 2. The van der Waals surface area contributed by atoms with Crippen LogP contribution in [0.15, 0.2) is 53.3 Å². The van der Waals surface area contributed by atoms with Gasteiger partial charge in [-0.05, 0) is 48.1 Å². The first-order valence-corrected chi connectivity index (χ1v) is 8.95. The Morgan fingerprint density at radius 1 is 1.04 bits per heavy atom. The van der Waals surface area contributed by atoms with Gasteiger partial charge in [-0.25, -0.2) is 0 Å². The lowest BCUT2D eigenvalue weighted by Gasteiger charge is -2.07. The molecule has 6 nitrogen and oxygen atoms in total. The number of aromatic amines is 1. The van der Waals surface area contributed by atoms with Crippen molar-refractivity contribution in [2.24, 2.45) is 0 Å². The molecule has 1 aliphatic rings. The second-order valence-corrected chi connectivity index (χ2v) is 6.50. The highest BCUT2D eigenvalue weighted by atomic mass is 16.7. The molecule has 0 aliphatic carbocycles. The maximum absolute atomic E-state index is 12.1. The van der Waals surface area contributed by atoms with Crippen molar-refractivity contribution in [3.05, 3.63) is 70.0 Å². The second kappa shape index (κ2) is 7.53. The number of amides is 1. The fraction of sp³-hybridized carbons (Fsp3) is 0.238.